The van der Waals surface area contributed by atoms with Crippen molar-refractivity contribution in [1.82, 2.24) is 4.90 Å². The van der Waals surface area contributed by atoms with Crippen LogP contribution in [0, 0.1) is 0 Å². The number of carbonyl (C=O) groups is 2. The predicted octanol–water partition coefficient (Wildman–Crippen LogP) is 2.10. The average Bonchev–Trinajstić information content (AvgIpc) is 2.37. The Bertz CT molecular complexity index is 455. The van der Waals surface area contributed by atoms with E-state index in [1.54, 1.807) is 39.0 Å². The van der Waals surface area contributed by atoms with Crippen molar-refractivity contribution in [2.24, 2.45) is 0 Å². The van der Waals surface area contributed by atoms with Crippen molar-refractivity contribution in [3.05, 3.63) is 23.8 Å². The van der Waals surface area contributed by atoms with Gasteiger partial charge in [-0.1, -0.05) is 0 Å². The van der Waals surface area contributed by atoms with Crippen LogP contribution in [0.15, 0.2) is 18.2 Å². The monoisotopic (exact) mass is 265 g/mol. The Morgan fingerprint density at radius 2 is 1.58 bits per heavy atom. The number of rotatable bonds is 4. The van der Waals surface area contributed by atoms with Gasteiger partial charge < -0.3 is 9.47 Å². The Morgan fingerprint density at radius 3 is 1.89 bits per heavy atom. The summed E-state index contributed by atoms with van der Waals surface area (Å²) in [6.45, 7) is 5.37. The molecule has 104 valence electrons. The highest BCUT2D eigenvalue weighted by molar-refractivity contribution is 6.01. The summed E-state index contributed by atoms with van der Waals surface area (Å²) in [5, 5.41) is 0. The highest BCUT2D eigenvalue weighted by Gasteiger charge is 2.27. The molecule has 19 heavy (non-hydrogen) atoms. The van der Waals surface area contributed by atoms with Gasteiger partial charge in [0.2, 0.25) is 6.41 Å². The summed E-state index contributed by atoms with van der Waals surface area (Å²) in [4.78, 5) is 24.6. The zero-order valence-electron chi connectivity index (χ0n) is 11.9. The molecule has 0 aliphatic heterocycles. The molecule has 0 aromatic heterocycles. The maximum absolute atomic E-state index is 12.3. The number of methoxy groups -OCH3 is 2. The average molecular weight is 265 g/mol. The third-order valence-electron chi connectivity index (χ3n) is 2.65. The molecule has 5 heteroatoms. The Labute approximate surface area is 113 Å². The zero-order chi connectivity index (χ0) is 14.6. The van der Waals surface area contributed by atoms with Gasteiger partial charge in [0.05, 0.1) is 14.2 Å². The molecule has 0 aliphatic rings. The van der Waals surface area contributed by atoms with Crippen LogP contribution < -0.4 is 9.47 Å². The molecular weight excluding hydrogens is 246 g/mol. The van der Waals surface area contributed by atoms with Crippen molar-refractivity contribution < 1.29 is 19.1 Å². The Hall–Kier alpha value is -2.04. The summed E-state index contributed by atoms with van der Waals surface area (Å²) >= 11 is 0. The lowest BCUT2D eigenvalue weighted by atomic mass is 10.0. The van der Waals surface area contributed by atoms with Crippen LogP contribution in [0.5, 0.6) is 11.5 Å². The molecule has 1 aromatic carbocycles. The molecular formula is C14H19NO4. The van der Waals surface area contributed by atoms with E-state index in [2.05, 4.69) is 0 Å². The number of imide groups is 1. The maximum atomic E-state index is 12.3. The smallest absolute Gasteiger partial charge is 0.261 e. The largest absolute Gasteiger partial charge is 0.497 e. The zero-order valence-corrected chi connectivity index (χ0v) is 11.9. The van der Waals surface area contributed by atoms with Gasteiger partial charge in [0.1, 0.15) is 11.5 Å². The molecule has 0 atom stereocenters. The highest BCUT2D eigenvalue weighted by Crippen LogP contribution is 2.25. The first-order chi connectivity index (χ1) is 8.83. The fraction of sp³-hybridized carbons (Fsp3) is 0.429. The number of benzene rings is 1. The number of hydrogen-bond donors (Lipinski definition) is 0. The Morgan fingerprint density at radius 1 is 1.11 bits per heavy atom. The first-order valence-corrected chi connectivity index (χ1v) is 5.85. The van der Waals surface area contributed by atoms with E-state index in [9.17, 15) is 9.59 Å². The van der Waals surface area contributed by atoms with E-state index < -0.39 is 5.54 Å². The summed E-state index contributed by atoms with van der Waals surface area (Å²) in [5.41, 5.74) is -0.243. The van der Waals surface area contributed by atoms with Gasteiger partial charge in [-0.05, 0) is 32.9 Å². The van der Waals surface area contributed by atoms with E-state index in [-0.39, 0.29) is 5.91 Å². The van der Waals surface area contributed by atoms with Crippen LogP contribution >= 0.6 is 0 Å². The van der Waals surface area contributed by atoms with Crippen molar-refractivity contribution in [3.63, 3.8) is 0 Å². The molecule has 0 N–H and O–H groups in total. The van der Waals surface area contributed by atoms with Gasteiger partial charge in [0.15, 0.2) is 0 Å². The van der Waals surface area contributed by atoms with E-state index >= 15 is 0 Å². The molecule has 1 rings (SSSR count). The molecule has 1 aromatic rings. The standard InChI is InChI=1S/C14H19NO4/c1-14(2,3)15(9-16)13(17)10-6-11(18-4)8-12(7-10)19-5/h6-9H,1-5H3. The number of amides is 2. The van der Waals surface area contributed by atoms with Crippen LogP contribution in [0.4, 0.5) is 0 Å². The van der Waals surface area contributed by atoms with E-state index in [1.165, 1.54) is 14.2 Å². The van der Waals surface area contributed by atoms with E-state index in [0.29, 0.717) is 23.5 Å². The molecule has 5 nitrogen and oxygen atoms in total. The van der Waals surface area contributed by atoms with Crippen LogP contribution in [0.2, 0.25) is 0 Å². The minimum atomic E-state index is -0.588. The molecule has 0 saturated heterocycles. The minimum Gasteiger partial charge on any atom is -0.497 e. The first kappa shape index (κ1) is 15.0. The molecule has 0 radical (unpaired) electrons. The second-order valence-corrected chi connectivity index (χ2v) is 5.05. The summed E-state index contributed by atoms with van der Waals surface area (Å²) in [7, 11) is 3.01. The fourth-order valence-corrected chi connectivity index (χ4v) is 1.58. The van der Waals surface area contributed by atoms with E-state index in [4.69, 9.17) is 9.47 Å². The number of carbonyl (C=O) groups excluding carboxylic acids is 2. The van der Waals surface area contributed by atoms with E-state index in [1.807, 2.05) is 0 Å². The Balaban J connectivity index is 3.21. The van der Waals surface area contributed by atoms with Gasteiger partial charge in [0, 0.05) is 17.2 Å². The highest BCUT2D eigenvalue weighted by atomic mass is 16.5. The second kappa shape index (κ2) is 5.73. The van der Waals surface area contributed by atoms with Gasteiger partial charge in [-0.25, -0.2) is 0 Å². The fourth-order valence-electron chi connectivity index (χ4n) is 1.58. The molecule has 0 aliphatic carbocycles. The van der Waals surface area contributed by atoms with Gasteiger partial charge in [-0.3, -0.25) is 14.5 Å². The SMILES string of the molecule is COc1cc(OC)cc(C(=O)N(C=O)C(C)(C)C)c1. The maximum Gasteiger partial charge on any atom is 0.261 e. The lowest BCUT2D eigenvalue weighted by Gasteiger charge is -2.30. The lowest BCUT2D eigenvalue weighted by Crippen LogP contribution is -2.44. The summed E-state index contributed by atoms with van der Waals surface area (Å²) in [6.07, 6.45) is 0.536. The Kier molecular flexibility index (Phi) is 4.53. The lowest BCUT2D eigenvalue weighted by molar-refractivity contribution is -0.119. The molecule has 0 unspecified atom stereocenters. The van der Waals surface area contributed by atoms with Crippen molar-refractivity contribution >= 4 is 12.3 Å². The van der Waals surface area contributed by atoms with Crippen LogP contribution in [-0.4, -0.2) is 37.0 Å². The van der Waals surface area contributed by atoms with Gasteiger partial charge in [0.25, 0.3) is 5.91 Å². The molecule has 0 saturated carbocycles. The third kappa shape index (κ3) is 3.47. The molecule has 0 fully saturated rings. The van der Waals surface area contributed by atoms with Crippen molar-refractivity contribution in [3.8, 4) is 11.5 Å². The number of ether oxygens (including phenoxy) is 2. The quantitative estimate of drug-likeness (QED) is 0.782. The van der Waals surface area contributed by atoms with Crippen molar-refractivity contribution in [2.75, 3.05) is 14.2 Å². The van der Waals surface area contributed by atoms with Gasteiger partial charge >= 0.3 is 0 Å². The first-order valence-electron chi connectivity index (χ1n) is 5.85. The molecule has 2 amide bonds. The van der Waals surface area contributed by atoms with E-state index in [0.717, 1.165) is 4.90 Å². The van der Waals surface area contributed by atoms with Crippen LogP contribution in [0.3, 0.4) is 0 Å². The number of nitrogens with zero attached hydrogens (tertiary/aromatic N) is 1. The molecule has 0 bridgehead atoms. The van der Waals surface area contributed by atoms with Crippen molar-refractivity contribution in [2.45, 2.75) is 26.3 Å². The topological polar surface area (TPSA) is 55.8 Å². The third-order valence-corrected chi connectivity index (χ3v) is 2.65. The normalized spacial score (nSPS) is 10.8. The molecule has 0 heterocycles. The van der Waals surface area contributed by atoms with Crippen LogP contribution in [0.25, 0.3) is 0 Å². The van der Waals surface area contributed by atoms with Crippen LogP contribution in [0.1, 0.15) is 31.1 Å². The summed E-state index contributed by atoms with van der Waals surface area (Å²) in [5.74, 6) is 0.615. The van der Waals surface area contributed by atoms with Crippen LogP contribution in [-0.2, 0) is 4.79 Å². The van der Waals surface area contributed by atoms with Crippen molar-refractivity contribution in [1.29, 1.82) is 0 Å². The summed E-state index contributed by atoms with van der Waals surface area (Å²) < 4.78 is 10.2. The predicted molar refractivity (Wildman–Crippen MR) is 71.5 cm³/mol. The minimum absolute atomic E-state index is 0.346. The number of hydrogen-bond acceptors (Lipinski definition) is 4. The van der Waals surface area contributed by atoms with Gasteiger partial charge in [-0.2, -0.15) is 0 Å². The van der Waals surface area contributed by atoms with Gasteiger partial charge in [-0.15, -0.1) is 0 Å². The molecule has 0 spiro atoms. The summed E-state index contributed by atoms with van der Waals surface area (Å²) in [6, 6.07) is 4.82. The second-order valence-electron chi connectivity index (χ2n) is 5.05.